The lowest BCUT2D eigenvalue weighted by atomic mass is 10.0. The van der Waals surface area contributed by atoms with Crippen molar-refractivity contribution < 1.29 is 19.0 Å². The maximum Gasteiger partial charge on any atom is 0.343 e. The molecule has 1 atom stereocenters. The maximum absolute atomic E-state index is 12.4. The fourth-order valence-corrected chi connectivity index (χ4v) is 3.20. The lowest BCUT2D eigenvalue weighted by Gasteiger charge is -2.10. The first-order valence-corrected chi connectivity index (χ1v) is 11.9. The number of ether oxygens (including phenoxy) is 3. The summed E-state index contributed by atoms with van der Waals surface area (Å²) in [5, 5.41) is 0. The van der Waals surface area contributed by atoms with Gasteiger partial charge in [-0.3, -0.25) is 0 Å². The Hall–Kier alpha value is -2.75. The highest BCUT2D eigenvalue weighted by atomic mass is 16.5. The van der Waals surface area contributed by atoms with Gasteiger partial charge < -0.3 is 14.2 Å². The number of hydrogen-bond donors (Lipinski definition) is 0. The lowest BCUT2D eigenvalue weighted by molar-refractivity contribution is 0.0734. The molecular weight excluding hydrogens is 400 g/mol. The van der Waals surface area contributed by atoms with Crippen LogP contribution < -0.4 is 14.2 Å². The van der Waals surface area contributed by atoms with Crippen molar-refractivity contribution >= 4 is 5.97 Å². The first-order chi connectivity index (χ1) is 15.6. The average molecular weight is 439 g/mol. The fourth-order valence-electron chi connectivity index (χ4n) is 3.20. The van der Waals surface area contributed by atoms with Crippen LogP contribution in [0.15, 0.2) is 61.2 Å². The minimum absolute atomic E-state index is 0.391. The second-order valence-electron chi connectivity index (χ2n) is 8.23. The summed E-state index contributed by atoms with van der Waals surface area (Å²) < 4.78 is 16.9. The van der Waals surface area contributed by atoms with E-state index in [-0.39, 0.29) is 0 Å². The SMILES string of the molecule is C=CCCCCOc1ccc(C(=O)Oc2ccc(OCCCCC[C@@H](C)CC)cc2)cc1. The Bertz CT molecular complexity index is 780. The van der Waals surface area contributed by atoms with Crippen molar-refractivity contribution in [3.63, 3.8) is 0 Å². The summed E-state index contributed by atoms with van der Waals surface area (Å²) >= 11 is 0. The van der Waals surface area contributed by atoms with Crippen LogP contribution >= 0.6 is 0 Å². The zero-order valence-electron chi connectivity index (χ0n) is 19.7. The summed E-state index contributed by atoms with van der Waals surface area (Å²) in [7, 11) is 0. The maximum atomic E-state index is 12.4. The van der Waals surface area contributed by atoms with E-state index in [0.29, 0.717) is 24.5 Å². The molecule has 174 valence electrons. The van der Waals surface area contributed by atoms with E-state index < -0.39 is 5.97 Å². The second kappa shape index (κ2) is 15.1. The van der Waals surface area contributed by atoms with Crippen molar-refractivity contribution in [1.29, 1.82) is 0 Å². The van der Waals surface area contributed by atoms with Crippen molar-refractivity contribution in [2.75, 3.05) is 13.2 Å². The fraction of sp³-hybridized carbons (Fsp3) is 0.464. The van der Waals surface area contributed by atoms with Crippen LogP contribution in [0, 0.1) is 5.92 Å². The van der Waals surface area contributed by atoms with Gasteiger partial charge in [0.15, 0.2) is 0 Å². The van der Waals surface area contributed by atoms with Gasteiger partial charge >= 0.3 is 5.97 Å². The van der Waals surface area contributed by atoms with Crippen LogP contribution in [0.25, 0.3) is 0 Å². The normalized spacial score (nSPS) is 11.6. The van der Waals surface area contributed by atoms with Gasteiger partial charge in [0.2, 0.25) is 0 Å². The number of allylic oxidation sites excluding steroid dienone is 1. The van der Waals surface area contributed by atoms with Crippen molar-refractivity contribution in [3.05, 3.63) is 66.7 Å². The topological polar surface area (TPSA) is 44.8 Å². The van der Waals surface area contributed by atoms with Crippen LogP contribution in [0.1, 0.15) is 75.6 Å². The molecule has 4 heteroatoms. The minimum Gasteiger partial charge on any atom is -0.494 e. The zero-order valence-corrected chi connectivity index (χ0v) is 19.7. The molecule has 0 fully saturated rings. The van der Waals surface area contributed by atoms with Crippen molar-refractivity contribution in [1.82, 2.24) is 0 Å². The van der Waals surface area contributed by atoms with E-state index in [9.17, 15) is 4.79 Å². The highest BCUT2D eigenvalue weighted by molar-refractivity contribution is 5.91. The van der Waals surface area contributed by atoms with Gasteiger partial charge in [0.1, 0.15) is 17.2 Å². The number of esters is 1. The average Bonchev–Trinajstić information content (AvgIpc) is 2.82. The van der Waals surface area contributed by atoms with Gasteiger partial charge in [-0.1, -0.05) is 45.6 Å². The lowest BCUT2D eigenvalue weighted by Crippen LogP contribution is -2.08. The van der Waals surface area contributed by atoms with Crippen molar-refractivity contribution in [2.24, 2.45) is 5.92 Å². The number of benzene rings is 2. The summed E-state index contributed by atoms with van der Waals surface area (Å²) in [6.07, 6.45) is 11.0. The van der Waals surface area contributed by atoms with E-state index in [1.54, 1.807) is 36.4 Å². The van der Waals surface area contributed by atoms with Crippen LogP contribution in [0.5, 0.6) is 17.2 Å². The van der Waals surface area contributed by atoms with Gasteiger partial charge in [-0.05, 0) is 80.1 Å². The van der Waals surface area contributed by atoms with Crippen LogP contribution in [0.4, 0.5) is 0 Å². The molecule has 32 heavy (non-hydrogen) atoms. The monoisotopic (exact) mass is 438 g/mol. The molecule has 0 aromatic heterocycles. The zero-order chi connectivity index (χ0) is 23.0. The summed E-state index contributed by atoms with van der Waals surface area (Å²) in [4.78, 5) is 12.4. The molecule has 0 saturated heterocycles. The molecule has 0 amide bonds. The van der Waals surface area contributed by atoms with E-state index in [1.807, 2.05) is 18.2 Å². The van der Waals surface area contributed by atoms with Gasteiger partial charge in [-0.15, -0.1) is 6.58 Å². The number of rotatable bonds is 16. The molecule has 2 rings (SSSR count). The molecule has 0 aliphatic rings. The third-order valence-electron chi connectivity index (χ3n) is 5.50. The Morgan fingerprint density at radius 2 is 1.41 bits per heavy atom. The molecule has 2 aromatic rings. The third-order valence-corrected chi connectivity index (χ3v) is 5.50. The Morgan fingerprint density at radius 1 is 0.844 bits per heavy atom. The van der Waals surface area contributed by atoms with E-state index in [2.05, 4.69) is 20.4 Å². The molecule has 2 aromatic carbocycles. The summed E-state index contributed by atoms with van der Waals surface area (Å²) in [5.74, 6) is 2.47. The molecule has 0 N–H and O–H groups in total. The first-order valence-electron chi connectivity index (χ1n) is 11.9. The van der Waals surface area contributed by atoms with Gasteiger partial charge in [-0.2, -0.15) is 0 Å². The second-order valence-corrected chi connectivity index (χ2v) is 8.23. The van der Waals surface area contributed by atoms with E-state index >= 15 is 0 Å². The Balaban J connectivity index is 1.69. The molecule has 0 heterocycles. The van der Waals surface area contributed by atoms with Crippen LogP contribution in [-0.2, 0) is 0 Å². The van der Waals surface area contributed by atoms with Crippen LogP contribution in [0.3, 0.4) is 0 Å². The molecule has 0 saturated carbocycles. The summed E-state index contributed by atoms with van der Waals surface area (Å²) in [5.41, 5.74) is 0.488. The van der Waals surface area contributed by atoms with E-state index in [1.165, 1.54) is 25.7 Å². The number of carbonyl (C=O) groups excluding carboxylic acids is 1. The van der Waals surface area contributed by atoms with Gasteiger partial charge in [0, 0.05) is 0 Å². The van der Waals surface area contributed by atoms with Crippen LogP contribution in [0.2, 0.25) is 0 Å². The number of unbranched alkanes of at least 4 members (excludes halogenated alkanes) is 4. The molecule has 0 aliphatic heterocycles. The molecule has 0 spiro atoms. The third kappa shape index (κ3) is 10.0. The first kappa shape index (κ1) is 25.5. The Kier molecular flexibility index (Phi) is 12.1. The quantitative estimate of drug-likeness (QED) is 0.117. The van der Waals surface area contributed by atoms with Crippen LogP contribution in [-0.4, -0.2) is 19.2 Å². The van der Waals surface area contributed by atoms with Gasteiger partial charge in [-0.25, -0.2) is 4.79 Å². The molecule has 4 nitrogen and oxygen atoms in total. The Labute approximate surface area is 193 Å². The van der Waals surface area contributed by atoms with Crippen molar-refractivity contribution in [3.8, 4) is 17.2 Å². The van der Waals surface area contributed by atoms with Gasteiger partial charge in [0.25, 0.3) is 0 Å². The molecule has 0 aliphatic carbocycles. The van der Waals surface area contributed by atoms with E-state index in [0.717, 1.165) is 43.1 Å². The largest absolute Gasteiger partial charge is 0.494 e. The highest BCUT2D eigenvalue weighted by Gasteiger charge is 2.09. The molecule has 0 radical (unpaired) electrons. The number of carbonyl (C=O) groups is 1. The Morgan fingerprint density at radius 3 is 2.00 bits per heavy atom. The summed E-state index contributed by atoms with van der Waals surface area (Å²) in [6, 6.07) is 14.2. The predicted molar refractivity (Wildman–Crippen MR) is 131 cm³/mol. The molecule has 0 bridgehead atoms. The summed E-state index contributed by atoms with van der Waals surface area (Å²) in [6.45, 7) is 9.63. The molecule has 0 unspecified atom stereocenters. The standard InChI is InChI=1S/C28H38O4/c1-4-6-7-10-21-30-25-15-13-24(14-16-25)28(29)32-27-19-17-26(18-20-27)31-22-11-8-9-12-23(3)5-2/h4,13-20,23H,1,5-12,21-22H2,2-3H3/t23-/m0/s1. The molecular formula is C28H38O4. The predicted octanol–water partition coefficient (Wildman–Crippen LogP) is 7.63. The van der Waals surface area contributed by atoms with E-state index in [4.69, 9.17) is 14.2 Å². The highest BCUT2D eigenvalue weighted by Crippen LogP contribution is 2.20. The smallest absolute Gasteiger partial charge is 0.343 e. The minimum atomic E-state index is -0.391. The van der Waals surface area contributed by atoms with Gasteiger partial charge in [0.05, 0.1) is 18.8 Å². The number of hydrogen-bond acceptors (Lipinski definition) is 4. The van der Waals surface area contributed by atoms with Crippen molar-refractivity contribution in [2.45, 2.75) is 65.2 Å².